The third-order valence-electron chi connectivity index (χ3n) is 7.55. The van der Waals surface area contributed by atoms with Crippen molar-refractivity contribution in [3.05, 3.63) is 60.6 Å². The molecule has 0 bridgehead atoms. The molecule has 0 saturated carbocycles. The molecule has 6 heterocycles. The Labute approximate surface area is 240 Å². The van der Waals surface area contributed by atoms with Crippen LogP contribution in [-0.4, -0.2) is 102 Å². The van der Waals surface area contributed by atoms with Gasteiger partial charge in [0.15, 0.2) is 5.65 Å². The number of anilines is 1. The molecule has 0 radical (unpaired) electrons. The smallest absolute Gasteiger partial charge is 0.225 e. The van der Waals surface area contributed by atoms with E-state index in [1.807, 2.05) is 25.4 Å². The average molecular weight is 572 g/mol. The third kappa shape index (κ3) is 5.55. The van der Waals surface area contributed by atoms with Crippen LogP contribution in [0, 0.1) is 5.82 Å². The fraction of sp³-hybridized carbons (Fsp3) is 0.393. The normalized spacial score (nSPS) is 18.1. The van der Waals surface area contributed by atoms with Crippen LogP contribution in [0.15, 0.2) is 49.2 Å². The van der Waals surface area contributed by atoms with Crippen LogP contribution in [0.25, 0.3) is 33.7 Å². The van der Waals surface area contributed by atoms with Crippen molar-refractivity contribution in [3.63, 3.8) is 0 Å². The number of hydrogen-bond acceptors (Lipinski definition) is 11. The van der Waals surface area contributed by atoms with Gasteiger partial charge in [0.05, 0.1) is 50.6 Å². The molecule has 0 aliphatic carbocycles. The van der Waals surface area contributed by atoms with E-state index in [4.69, 9.17) is 14.5 Å². The number of morpholine rings is 2. The summed E-state index contributed by atoms with van der Waals surface area (Å²) in [5.41, 5.74) is 4.81. The summed E-state index contributed by atoms with van der Waals surface area (Å²) < 4.78 is 29.8. The molecular formula is C28H30FN11O2. The van der Waals surface area contributed by atoms with Crippen molar-refractivity contribution in [2.75, 3.05) is 50.9 Å². The van der Waals surface area contributed by atoms with Gasteiger partial charge < -0.3 is 14.4 Å². The highest BCUT2D eigenvalue weighted by atomic mass is 19.1. The molecule has 1 unspecified atom stereocenters. The van der Waals surface area contributed by atoms with Crippen LogP contribution in [0.4, 0.5) is 10.3 Å². The Balaban J connectivity index is 1.02. The van der Waals surface area contributed by atoms with Crippen molar-refractivity contribution in [1.29, 1.82) is 0 Å². The standard InChI is InChI=1S/C28H30FN11O2/c1-37-15-22(13-33-37)25-14-30-26-27(34-25)40(36-35-26)18-23-17-39(6-9-42-23)28-31-11-21(12-32-28)19-2-3-20(24(29)10-19)16-38-4-7-41-8-5-38/h2-3,10-15,23H,4-9,16-18H2,1H3. The Bertz CT molecular complexity index is 1680. The summed E-state index contributed by atoms with van der Waals surface area (Å²) in [5.74, 6) is 0.371. The van der Waals surface area contributed by atoms with Gasteiger partial charge in [-0.2, -0.15) is 5.10 Å². The Hall–Kier alpha value is -4.40. The zero-order chi connectivity index (χ0) is 28.5. The molecule has 2 saturated heterocycles. The summed E-state index contributed by atoms with van der Waals surface area (Å²) in [4.78, 5) is 22.6. The molecule has 1 atom stereocenters. The summed E-state index contributed by atoms with van der Waals surface area (Å²) in [5, 5.41) is 12.7. The van der Waals surface area contributed by atoms with Gasteiger partial charge in [0.1, 0.15) is 5.82 Å². The molecule has 1 aromatic carbocycles. The molecule has 4 aromatic heterocycles. The first-order valence-corrected chi connectivity index (χ1v) is 13.9. The minimum Gasteiger partial charge on any atom is -0.379 e. The number of nitrogens with zero attached hydrogens (tertiary/aromatic N) is 11. The number of ether oxygens (including phenoxy) is 2. The predicted molar refractivity (Wildman–Crippen MR) is 151 cm³/mol. The number of fused-ring (bicyclic) bond motifs is 1. The highest BCUT2D eigenvalue weighted by Crippen LogP contribution is 2.24. The summed E-state index contributed by atoms with van der Waals surface area (Å²) in [7, 11) is 1.86. The van der Waals surface area contributed by atoms with Gasteiger partial charge in [-0.1, -0.05) is 17.3 Å². The molecule has 7 rings (SSSR count). The van der Waals surface area contributed by atoms with Gasteiger partial charge in [0.2, 0.25) is 11.6 Å². The van der Waals surface area contributed by atoms with Crippen LogP contribution < -0.4 is 4.90 Å². The van der Waals surface area contributed by atoms with Crippen LogP contribution in [0.2, 0.25) is 0 Å². The maximum Gasteiger partial charge on any atom is 0.225 e. The summed E-state index contributed by atoms with van der Waals surface area (Å²) in [6.45, 7) is 5.78. The van der Waals surface area contributed by atoms with E-state index in [1.165, 1.54) is 0 Å². The molecule has 5 aromatic rings. The molecule has 0 N–H and O–H groups in total. The van der Waals surface area contributed by atoms with Crippen molar-refractivity contribution in [3.8, 4) is 22.4 Å². The van der Waals surface area contributed by atoms with E-state index in [1.54, 1.807) is 40.2 Å². The molecule has 2 aliphatic rings. The summed E-state index contributed by atoms with van der Waals surface area (Å²) in [6, 6.07) is 5.33. The van der Waals surface area contributed by atoms with E-state index in [0.29, 0.717) is 74.5 Å². The highest BCUT2D eigenvalue weighted by molar-refractivity contribution is 5.69. The second-order valence-corrected chi connectivity index (χ2v) is 10.5. The minimum absolute atomic E-state index is 0.177. The summed E-state index contributed by atoms with van der Waals surface area (Å²) in [6.07, 6.45) is 8.61. The van der Waals surface area contributed by atoms with Gasteiger partial charge in [-0.3, -0.25) is 9.58 Å². The van der Waals surface area contributed by atoms with Gasteiger partial charge in [-0.05, 0) is 11.6 Å². The van der Waals surface area contributed by atoms with Crippen molar-refractivity contribution in [2.24, 2.45) is 7.05 Å². The first-order valence-electron chi connectivity index (χ1n) is 13.9. The Kier molecular flexibility index (Phi) is 7.23. The number of aryl methyl sites for hydroxylation is 1. The Morgan fingerprint density at radius 3 is 2.60 bits per heavy atom. The maximum atomic E-state index is 14.9. The fourth-order valence-corrected chi connectivity index (χ4v) is 5.26. The fourth-order valence-electron chi connectivity index (χ4n) is 5.26. The van der Waals surface area contributed by atoms with E-state index in [2.05, 4.69) is 40.2 Å². The van der Waals surface area contributed by atoms with E-state index in [-0.39, 0.29) is 11.9 Å². The van der Waals surface area contributed by atoms with Crippen molar-refractivity contribution >= 4 is 17.2 Å². The topological polar surface area (TPSA) is 125 Å². The molecular weight excluding hydrogens is 541 g/mol. The zero-order valence-corrected chi connectivity index (χ0v) is 23.2. The largest absolute Gasteiger partial charge is 0.379 e. The predicted octanol–water partition coefficient (Wildman–Crippen LogP) is 1.96. The first-order chi connectivity index (χ1) is 20.6. The van der Waals surface area contributed by atoms with Gasteiger partial charge in [-0.25, -0.2) is 29.0 Å². The Morgan fingerprint density at radius 1 is 0.952 bits per heavy atom. The average Bonchev–Trinajstić information content (AvgIpc) is 3.64. The van der Waals surface area contributed by atoms with Gasteiger partial charge in [0.25, 0.3) is 0 Å². The summed E-state index contributed by atoms with van der Waals surface area (Å²) >= 11 is 0. The van der Waals surface area contributed by atoms with Gasteiger partial charge in [-0.15, -0.1) is 5.10 Å². The third-order valence-corrected chi connectivity index (χ3v) is 7.55. The zero-order valence-electron chi connectivity index (χ0n) is 23.2. The van der Waals surface area contributed by atoms with Gasteiger partial charge >= 0.3 is 0 Å². The number of aromatic nitrogens is 9. The lowest BCUT2D eigenvalue weighted by molar-refractivity contribution is 0.0273. The quantitative estimate of drug-likeness (QED) is 0.285. The number of halogens is 1. The van der Waals surface area contributed by atoms with E-state index >= 15 is 0 Å². The molecule has 2 aliphatic heterocycles. The molecule has 13 nitrogen and oxygen atoms in total. The molecule has 216 valence electrons. The van der Waals surface area contributed by atoms with Crippen LogP contribution in [0.3, 0.4) is 0 Å². The van der Waals surface area contributed by atoms with Crippen LogP contribution >= 0.6 is 0 Å². The number of rotatable bonds is 7. The van der Waals surface area contributed by atoms with E-state index < -0.39 is 0 Å². The lowest BCUT2D eigenvalue weighted by Gasteiger charge is -2.32. The monoisotopic (exact) mass is 571 g/mol. The maximum absolute atomic E-state index is 14.9. The number of hydrogen-bond donors (Lipinski definition) is 0. The minimum atomic E-state index is -0.225. The second kappa shape index (κ2) is 11.5. The molecule has 42 heavy (non-hydrogen) atoms. The number of benzene rings is 1. The highest BCUT2D eigenvalue weighted by Gasteiger charge is 2.25. The molecule has 14 heteroatoms. The van der Waals surface area contributed by atoms with Crippen molar-refractivity contribution < 1.29 is 13.9 Å². The Morgan fingerprint density at radius 2 is 1.81 bits per heavy atom. The molecule has 0 spiro atoms. The molecule has 2 fully saturated rings. The second-order valence-electron chi connectivity index (χ2n) is 10.5. The molecule has 0 amide bonds. The lowest BCUT2D eigenvalue weighted by Crippen LogP contribution is -2.45. The SMILES string of the molecule is Cn1cc(-c2cnc3nnn(CC4CN(c5ncc(-c6ccc(CN7CCOCC7)c(F)c6)cn5)CCO4)c3n2)cn1. The lowest BCUT2D eigenvalue weighted by atomic mass is 10.1. The van der Waals surface area contributed by atoms with E-state index in [9.17, 15) is 4.39 Å². The van der Waals surface area contributed by atoms with E-state index in [0.717, 1.165) is 29.8 Å². The van der Waals surface area contributed by atoms with Crippen LogP contribution in [0.5, 0.6) is 0 Å². The van der Waals surface area contributed by atoms with Crippen LogP contribution in [-0.2, 0) is 29.6 Å². The van der Waals surface area contributed by atoms with Crippen LogP contribution in [0.1, 0.15) is 5.56 Å². The first kappa shape index (κ1) is 26.5. The van der Waals surface area contributed by atoms with Crippen molar-refractivity contribution in [1.82, 2.24) is 49.6 Å². The van der Waals surface area contributed by atoms with Crippen molar-refractivity contribution in [2.45, 2.75) is 19.2 Å². The van der Waals surface area contributed by atoms with Gasteiger partial charge in [0, 0.05) is 75.1 Å².